The fraction of sp³-hybridized carbons (Fsp3) is 0.429. The van der Waals surface area contributed by atoms with E-state index in [0.717, 1.165) is 43.4 Å². The summed E-state index contributed by atoms with van der Waals surface area (Å²) in [5, 5.41) is 0. The van der Waals surface area contributed by atoms with E-state index in [-0.39, 0.29) is 6.10 Å². The Balaban J connectivity index is 1.58. The molecular formula is C21H23F3O. The predicted molar refractivity (Wildman–Crippen MR) is 91.9 cm³/mol. The first kappa shape index (κ1) is 18.0. The Hall–Kier alpha value is -1.81. The van der Waals surface area contributed by atoms with E-state index in [4.69, 9.17) is 4.74 Å². The Labute approximate surface area is 146 Å². The number of halogens is 3. The number of benzene rings is 2. The van der Waals surface area contributed by atoms with Crippen LogP contribution in [0.4, 0.5) is 13.2 Å². The van der Waals surface area contributed by atoms with E-state index in [2.05, 4.69) is 19.1 Å². The minimum atomic E-state index is -1.41. The lowest BCUT2D eigenvalue weighted by atomic mass is 10.0. The maximum atomic E-state index is 13.2. The molecule has 25 heavy (non-hydrogen) atoms. The van der Waals surface area contributed by atoms with Crippen LogP contribution in [0.25, 0.3) is 0 Å². The molecule has 1 aliphatic rings. The maximum Gasteiger partial charge on any atom is 0.194 e. The smallest absolute Gasteiger partial charge is 0.194 e. The van der Waals surface area contributed by atoms with Crippen LogP contribution in [0.5, 0.6) is 0 Å². The number of hydrogen-bond donors (Lipinski definition) is 0. The van der Waals surface area contributed by atoms with Gasteiger partial charge in [-0.1, -0.05) is 37.6 Å². The Morgan fingerprint density at radius 3 is 2.20 bits per heavy atom. The summed E-state index contributed by atoms with van der Waals surface area (Å²) in [6.07, 6.45) is 6.07. The first-order valence-corrected chi connectivity index (χ1v) is 8.94. The molecule has 134 valence electrons. The van der Waals surface area contributed by atoms with Gasteiger partial charge in [0.15, 0.2) is 17.5 Å². The quantitative estimate of drug-likeness (QED) is 0.590. The van der Waals surface area contributed by atoms with Crippen molar-refractivity contribution in [2.45, 2.75) is 57.7 Å². The van der Waals surface area contributed by atoms with E-state index in [1.165, 1.54) is 5.56 Å². The Morgan fingerprint density at radius 2 is 1.56 bits per heavy atom. The molecule has 2 atom stereocenters. The molecule has 0 saturated carbocycles. The van der Waals surface area contributed by atoms with Crippen LogP contribution in [0.15, 0.2) is 36.4 Å². The summed E-state index contributed by atoms with van der Waals surface area (Å²) in [5.74, 6) is -3.68. The van der Waals surface area contributed by atoms with E-state index in [9.17, 15) is 13.2 Å². The van der Waals surface area contributed by atoms with Crippen molar-refractivity contribution in [1.29, 1.82) is 0 Å². The van der Waals surface area contributed by atoms with Crippen LogP contribution in [0, 0.1) is 17.5 Å². The molecule has 4 heteroatoms. The van der Waals surface area contributed by atoms with Gasteiger partial charge in [0.05, 0.1) is 12.2 Å². The van der Waals surface area contributed by atoms with E-state index >= 15 is 0 Å². The lowest BCUT2D eigenvalue weighted by molar-refractivity contribution is 0.0396. The highest BCUT2D eigenvalue weighted by molar-refractivity contribution is 5.27. The Bertz CT molecular complexity index is 689. The molecule has 1 aliphatic heterocycles. The molecule has 1 saturated heterocycles. The minimum absolute atomic E-state index is 0.172. The van der Waals surface area contributed by atoms with E-state index < -0.39 is 17.5 Å². The van der Waals surface area contributed by atoms with E-state index in [0.29, 0.717) is 24.5 Å². The molecule has 0 amide bonds. The second-order valence-electron chi connectivity index (χ2n) is 6.73. The third-order valence-electron chi connectivity index (χ3n) is 4.82. The first-order valence-electron chi connectivity index (χ1n) is 8.94. The van der Waals surface area contributed by atoms with Crippen LogP contribution in [0.3, 0.4) is 0 Å². The van der Waals surface area contributed by atoms with Crippen molar-refractivity contribution in [1.82, 2.24) is 0 Å². The van der Waals surface area contributed by atoms with Crippen molar-refractivity contribution in [3.63, 3.8) is 0 Å². The maximum absolute atomic E-state index is 13.2. The number of aryl methyl sites for hydroxylation is 2. The molecule has 1 nitrogen and oxygen atoms in total. The van der Waals surface area contributed by atoms with Gasteiger partial charge in [-0.15, -0.1) is 0 Å². The summed E-state index contributed by atoms with van der Waals surface area (Å²) >= 11 is 0. The van der Waals surface area contributed by atoms with Gasteiger partial charge in [0, 0.05) is 0 Å². The average Bonchev–Trinajstić information content (AvgIpc) is 3.07. The molecule has 2 aromatic carbocycles. The van der Waals surface area contributed by atoms with Crippen LogP contribution in [0.1, 0.15) is 55.4 Å². The van der Waals surface area contributed by atoms with Crippen LogP contribution < -0.4 is 0 Å². The monoisotopic (exact) mass is 348 g/mol. The van der Waals surface area contributed by atoms with Crippen molar-refractivity contribution in [3.05, 3.63) is 70.5 Å². The number of ether oxygens (including phenoxy) is 1. The molecule has 0 aliphatic carbocycles. The summed E-state index contributed by atoms with van der Waals surface area (Å²) in [6.45, 7) is 2.17. The SMILES string of the molecule is CCCC1CCC(c2ccc(CCc3cc(F)c(F)c(F)c3)cc2)O1. The van der Waals surface area contributed by atoms with Gasteiger partial charge in [-0.2, -0.15) is 0 Å². The molecule has 3 rings (SSSR count). The second kappa shape index (κ2) is 8.05. The van der Waals surface area contributed by atoms with Crippen molar-refractivity contribution >= 4 is 0 Å². The van der Waals surface area contributed by atoms with Gasteiger partial charge < -0.3 is 4.74 Å². The van der Waals surface area contributed by atoms with Gasteiger partial charge in [-0.25, -0.2) is 13.2 Å². The van der Waals surface area contributed by atoms with Gasteiger partial charge in [0.25, 0.3) is 0 Å². The van der Waals surface area contributed by atoms with E-state index in [1.54, 1.807) is 0 Å². The van der Waals surface area contributed by atoms with E-state index in [1.807, 2.05) is 12.1 Å². The zero-order chi connectivity index (χ0) is 17.8. The Kier molecular flexibility index (Phi) is 5.79. The molecule has 0 bridgehead atoms. The molecule has 0 radical (unpaired) electrons. The fourth-order valence-electron chi connectivity index (χ4n) is 3.43. The molecule has 1 fully saturated rings. The van der Waals surface area contributed by atoms with Gasteiger partial charge in [-0.05, 0) is 60.9 Å². The predicted octanol–water partition coefficient (Wildman–Crippen LogP) is 5.91. The lowest BCUT2D eigenvalue weighted by Crippen LogP contribution is -2.05. The summed E-state index contributed by atoms with van der Waals surface area (Å²) in [4.78, 5) is 0. The zero-order valence-electron chi connectivity index (χ0n) is 14.4. The molecule has 0 aromatic heterocycles. The minimum Gasteiger partial charge on any atom is -0.370 e. The van der Waals surface area contributed by atoms with Crippen molar-refractivity contribution in [2.24, 2.45) is 0 Å². The summed E-state index contributed by atoms with van der Waals surface area (Å²) in [6, 6.07) is 10.3. The highest BCUT2D eigenvalue weighted by atomic mass is 19.2. The second-order valence-corrected chi connectivity index (χ2v) is 6.73. The highest BCUT2D eigenvalue weighted by Gasteiger charge is 2.25. The lowest BCUT2D eigenvalue weighted by Gasteiger charge is -2.14. The summed E-state index contributed by atoms with van der Waals surface area (Å²) in [7, 11) is 0. The van der Waals surface area contributed by atoms with Gasteiger partial charge in [0.1, 0.15) is 0 Å². The molecule has 2 aromatic rings. The molecule has 2 unspecified atom stereocenters. The molecule has 0 N–H and O–H groups in total. The van der Waals surface area contributed by atoms with Crippen molar-refractivity contribution < 1.29 is 17.9 Å². The first-order chi connectivity index (χ1) is 12.1. The highest BCUT2D eigenvalue weighted by Crippen LogP contribution is 2.34. The van der Waals surface area contributed by atoms with Gasteiger partial charge in [-0.3, -0.25) is 0 Å². The van der Waals surface area contributed by atoms with Crippen LogP contribution in [0.2, 0.25) is 0 Å². The van der Waals surface area contributed by atoms with Gasteiger partial charge in [0.2, 0.25) is 0 Å². The van der Waals surface area contributed by atoms with Crippen molar-refractivity contribution in [3.8, 4) is 0 Å². The standard InChI is InChI=1S/C21H23F3O/c1-2-3-17-10-11-20(25-17)16-8-6-14(7-9-16)4-5-15-12-18(22)21(24)19(23)13-15/h6-9,12-13,17,20H,2-5,10-11H2,1H3. The average molecular weight is 348 g/mol. The van der Waals surface area contributed by atoms with Crippen LogP contribution in [-0.2, 0) is 17.6 Å². The van der Waals surface area contributed by atoms with Crippen LogP contribution in [-0.4, -0.2) is 6.10 Å². The topological polar surface area (TPSA) is 9.23 Å². The summed E-state index contributed by atoms with van der Waals surface area (Å²) < 4.78 is 45.6. The largest absolute Gasteiger partial charge is 0.370 e. The molecular weight excluding hydrogens is 325 g/mol. The summed E-state index contributed by atoms with van der Waals surface area (Å²) in [5.41, 5.74) is 2.72. The number of hydrogen-bond acceptors (Lipinski definition) is 1. The third-order valence-corrected chi connectivity index (χ3v) is 4.82. The fourth-order valence-corrected chi connectivity index (χ4v) is 3.43. The third kappa shape index (κ3) is 4.43. The number of rotatable bonds is 6. The van der Waals surface area contributed by atoms with Crippen molar-refractivity contribution in [2.75, 3.05) is 0 Å². The molecule has 0 spiro atoms. The molecule has 1 heterocycles. The van der Waals surface area contributed by atoms with Crippen LogP contribution >= 0.6 is 0 Å². The van der Waals surface area contributed by atoms with Gasteiger partial charge >= 0.3 is 0 Å². The zero-order valence-corrected chi connectivity index (χ0v) is 14.4. The Morgan fingerprint density at radius 1 is 0.920 bits per heavy atom. The normalized spacial score (nSPS) is 20.2.